The summed E-state index contributed by atoms with van der Waals surface area (Å²) in [5, 5.41) is 26.2. The number of nitrogens with zero attached hydrogens (tertiary/aromatic N) is 3. The molecule has 146 valence electrons. The lowest BCUT2D eigenvalue weighted by molar-refractivity contribution is -0.394. The maximum absolute atomic E-state index is 11.8. The van der Waals surface area contributed by atoms with Gasteiger partial charge in [-0.3, -0.25) is 25.0 Å². The first-order valence-corrected chi connectivity index (χ1v) is 7.91. The molecule has 28 heavy (non-hydrogen) atoms. The molecule has 0 saturated carbocycles. The Labute approximate surface area is 162 Å². The molecule has 0 heterocycles. The molecule has 0 aliphatic carbocycles. The summed E-state index contributed by atoms with van der Waals surface area (Å²) in [5.41, 5.74) is 1.48. The highest BCUT2D eigenvalue weighted by atomic mass is 35.5. The van der Waals surface area contributed by atoms with Gasteiger partial charge in [0.05, 0.1) is 35.3 Å². The zero-order valence-corrected chi connectivity index (χ0v) is 15.1. The quantitative estimate of drug-likeness (QED) is 0.401. The predicted octanol–water partition coefficient (Wildman–Crippen LogP) is 2.69. The van der Waals surface area contributed by atoms with Crippen LogP contribution in [0.3, 0.4) is 0 Å². The third-order valence-electron chi connectivity index (χ3n) is 3.29. The van der Waals surface area contributed by atoms with Crippen molar-refractivity contribution >= 4 is 35.1 Å². The van der Waals surface area contributed by atoms with E-state index in [0.717, 1.165) is 13.2 Å². The summed E-state index contributed by atoms with van der Waals surface area (Å²) in [6.45, 7) is -0.644. The number of hydrazone groups is 1. The van der Waals surface area contributed by atoms with Crippen LogP contribution in [0, 0.1) is 20.2 Å². The molecule has 2 rings (SSSR count). The Morgan fingerprint density at radius 3 is 2.57 bits per heavy atom. The topological polar surface area (TPSA) is 146 Å². The highest BCUT2D eigenvalue weighted by Gasteiger charge is 2.27. The van der Waals surface area contributed by atoms with Crippen molar-refractivity contribution < 1.29 is 24.1 Å². The van der Waals surface area contributed by atoms with Crippen molar-refractivity contribution in [3.8, 4) is 11.5 Å². The van der Waals surface area contributed by atoms with Crippen LogP contribution in [0.4, 0.5) is 11.4 Å². The molecular weight excluding hydrogens is 396 g/mol. The Bertz CT molecular complexity index is 949. The normalized spacial score (nSPS) is 10.5. The lowest BCUT2D eigenvalue weighted by Crippen LogP contribution is -2.25. The van der Waals surface area contributed by atoms with Gasteiger partial charge in [0.2, 0.25) is 5.75 Å². The summed E-state index contributed by atoms with van der Waals surface area (Å²) >= 11 is 5.94. The van der Waals surface area contributed by atoms with Gasteiger partial charge in [0.15, 0.2) is 12.4 Å². The molecule has 2 aromatic carbocycles. The number of carbonyl (C=O) groups excluding carboxylic acids is 1. The molecule has 0 atom stereocenters. The summed E-state index contributed by atoms with van der Waals surface area (Å²) in [6.07, 6.45) is 1.31. The predicted molar refractivity (Wildman–Crippen MR) is 99.0 cm³/mol. The molecule has 0 unspecified atom stereocenters. The van der Waals surface area contributed by atoms with E-state index in [4.69, 9.17) is 21.1 Å². The van der Waals surface area contributed by atoms with Gasteiger partial charge >= 0.3 is 5.69 Å². The van der Waals surface area contributed by atoms with E-state index in [1.807, 2.05) is 0 Å². The second-order valence-electron chi connectivity index (χ2n) is 5.11. The average Bonchev–Trinajstić information content (AvgIpc) is 2.66. The third-order valence-corrected chi connectivity index (χ3v) is 3.64. The smallest absolute Gasteiger partial charge is 0.321 e. The second-order valence-corrected chi connectivity index (χ2v) is 5.52. The molecule has 0 fully saturated rings. The number of amides is 1. The minimum Gasteiger partial charge on any atom is -0.492 e. The first-order valence-electron chi connectivity index (χ1n) is 7.53. The first-order chi connectivity index (χ1) is 13.3. The number of hydrogen-bond acceptors (Lipinski definition) is 8. The van der Waals surface area contributed by atoms with E-state index < -0.39 is 39.5 Å². The summed E-state index contributed by atoms with van der Waals surface area (Å²) in [5.74, 6) is -1.39. The molecule has 2 aromatic rings. The van der Waals surface area contributed by atoms with Crippen molar-refractivity contribution in [3.05, 3.63) is 67.2 Å². The number of ether oxygens (including phenoxy) is 2. The second kappa shape index (κ2) is 9.28. The molecule has 1 amide bonds. The molecule has 0 saturated heterocycles. The SMILES string of the molecule is COc1cc([N+](=O)[O-])cc([N+](=O)[O-])c1OCC(=O)NN=Cc1ccccc1Cl. The molecule has 12 heteroatoms. The monoisotopic (exact) mass is 408 g/mol. The first kappa shape index (κ1) is 20.6. The number of nitro groups is 2. The summed E-state index contributed by atoms with van der Waals surface area (Å²) < 4.78 is 10.0. The number of methoxy groups -OCH3 is 1. The molecule has 1 N–H and O–H groups in total. The van der Waals surface area contributed by atoms with Gasteiger partial charge < -0.3 is 9.47 Å². The molecule has 0 aliphatic heterocycles. The van der Waals surface area contributed by atoms with Crippen LogP contribution in [0.15, 0.2) is 41.5 Å². The minimum atomic E-state index is -0.877. The summed E-state index contributed by atoms with van der Waals surface area (Å²) in [7, 11) is 1.16. The van der Waals surface area contributed by atoms with E-state index in [1.165, 1.54) is 6.21 Å². The number of carbonyl (C=O) groups is 1. The van der Waals surface area contributed by atoms with E-state index in [9.17, 15) is 25.0 Å². The van der Waals surface area contributed by atoms with Crippen molar-refractivity contribution in [1.82, 2.24) is 5.43 Å². The molecule has 0 aromatic heterocycles. The molecule has 0 bridgehead atoms. The van der Waals surface area contributed by atoms with Crippen LogP contribution < -0.4 is 14.9 Å². The fourth-order valence-corrected chi connectivity index (χ4v) is 2.22. The van der Waals surface area contributed by atoms with Crippen LogP contribution >= 0.6 is 11.6 Å². The largest absolute Gasteiger partial charge is 0.492 e. The van der Waals surface area contributed by atoms with Crippen molar-refractivity contribution in [3.63, 3.8) is 0 Å². The standard InChI is InChI=1S/C16H13ClN4O7/c1-27-14-7-11(20(23)24)6-13(21(25)26)16(14)28-9-15(22)19-18-8-10-4-2-3-5-12(10)17/h2-8H,9H2,1H3,(H,19,22). The van der Waals surface area contributed by atoms with Gasteiger partial charge in [-0.25, -0.2) is 5.43 Å². The van der Waals surface area contributed by atoms with Gasteiger partial charge in [-0.05, 0) is 6.07 Å². The lowest BCUT2D eigenvalue weighted by atomic mass is 10.2. The minimum absolute atomic E-state index is 0.256. The molecule has 0 spiro atoms. The molecule has 0 aliphatic rings. The van der Waals surface area contributed by atoms with Gasteiger partial charge in [0.25, 0.3) is 11.6 Å². The lowest BCUT2D eigenvalue weighted by Gasteiger charge is -2.10. The van der Waals surface area contributed by atoms with E-state index in [1.54, 1.807) is 24.3 Å². The van der Waals surface area contributed by atoms with E-state index in [-0.39, 0.29) is 5.75 Å². The van der Waals surface area contributed by atoms with Crippen molar-refractivity contribution in [1.29, 1.82) is 0 Å². The van der Waals surface area contributed by atoms with Crippen LogP contribution in [0.25, 0.3) is 0 Å². The Hall–Kier alpha value is -3.73. The highest BCUT2D eigenvalue weighted by molar-refractivity contribution is 6.33. The summed E-state index contributed by atoms with van der Waals surface area (Å²) in [6, 6.07) is 8.46. The maximum Gasteiger partial charge on any atom is 0.321 e. The number of benzene rings is 2. The van der Waals surface area contributed by atoms with Crippen LogP contribution in [-0.2, 0) is 4.79 Å². The average molecular weight is 409 g/mol. The fourth-order valence-electron chi connectivity index (χ4n) is 2.03. The summed E-state index contributed by atoms with van der Waals surface area (Å²) in [4.78, 5) is 32.2. The Morgan fingerprint density at radius 2 is 1.96 bits per heavy atom. The maximum atomic E-state index is 11.8. The van der Waals surface area contributed by atoms with Gasteiger partial charge in [0, 0.05) is 10.6 Å². The van der Waals surface area contributed by atoms with E-state index in [0.29, 0.717) is 16.7 Å². The van der Waals surface area contributed by atoms with Crippen molar-refractivity contribution in [2.24, 2.45) is 5.10 Å². The van der Waals surface area contributed by atoms with Gasteiger partial charge in [-0.2, -0.15) is 5.10 Å². The third kappa shape index (κ3) is 5.14. The highest BCUT2D eigenvalue weighted by Crippen LogP contribution is 2.40. The van der Waals surface area contributed by atoms with Crippen LogP contribution in [0.2, 0.25) is 5.02 Å². The van der Waals surface area contributed by atoms with Gasteiger partial charge in [0.1, 0.15) is 0 Å². The van der Waals surface area contributed by atoms with Crippen molar-refractivity contribution in [2.75, 3.05) is 13.7 Å². The van der Waals surface area contributed by atoms with E-state index >= 15 is 0 Å². The Morgan fingerprint density at radius 1 is 1.25 bits per heavy atom. The molecule has 11 nitrogen and oxygen atoms in total. The van der Waals surface area contributed by atoms with Gasteiger partial charge in [-0.1, -0.05) is 29.8 Å². The zero-order valence-electron chi connectivity index (χ0n) is 14.3. The number of halogens is 1. The fraction of sp³-hybridized carbons (Fsp3) is 0.125. The Kier molecular flexibility index (Phi) is 6.82. The van der Waals surface area contributed by atoms with Gasteiger partial charge in [-0.15, -0.1) is 0 Å². The zero-order chi connectivity index (χ0) is 20.7. The number of nitro benzene ring substituents is 2. The Balaban J connectivity index is 2.10. The van der Waals surface area contributed by atoms with Crippen LogP contribution in [0.5, 0.6) is 11.5 Å². The number of nitrogens with one attached hydrogen (secondary N) is 1. The molecule has 0 radical (unpaired) electrons. The van der Waals surface area contributed by atoms with Crippen molar-refractivity contribution in [2.45, 2.75) is 0 Å². The number of hydrogen-bond donors (Lipinski definition) is 1. The van der Waals surface area contributed by atoms with Crippen LogP contribution in [-0.4, -0.2) is 35.7 Å². The van der Waals surface area contributed by atoms with E-state index in [2.05, 4.69) is 10.5 Å². The number of rotatable bonds is 8. The number of non-ortho nitro benzene ring substituents is 1. The van der Waals surface area contributed by atoms with Crippen LogP contribution in [0.1, 0.15) is 5.56 Å². The molecular formula is C16H13ClN4O7.